The van der Waals surface area contributed by atoms with Gasteiger partial charge < -0.3 is 4.90 Å². The third-order valence-electron chi connectivity index (χ3n) is 3.51. The fourth-order valence-corrected chi connectivity index (χ4v) is 2.47. The molecule has 0 aliphatic carbocycles. The summed E-state index contributed by atoms with van der Waals surface area (Å²) in [5.41, 5.74) is 1.96. The van der Waals surface area contributed by atoms with Crippen molar-refractivity contribution in [1.82, 2.24) is 19.7 Å². The molecule has 0 fully saturated rings. The quantitative estimate of drug-likeness (QED) is 0.836. The van der Waals surface area contributed by atoms with Crippen molar-refractivity contribution in [2.45, 2.75) is 26.4 Å². The Kier molecular flexibility index (Phi) is 3.03. The second kappa shape index (κ2) is 4.84. The minimum absolute atomic E-state index is 0.0903. The van der Waals surface area contributed by atoms with Crippen LogP contribution in [-0.4, -0.2) is 32.1 Å². The zero-order valence-electron chi connectivity index (χ0n) is 10.9. The van der Waals surface area contributed by atoms with Crippen molar-refractivity contribution in [3.8, 4) is 0 Å². The van der Waals surface area contributed by atoms with Gasteiger partial charge in [0.2, 0.25) is 0 Å². The number of fused-ring (bicyclic) bond motifs is 1. The van der Waals surface area contributed by atoms with Crippen LogP contribution in [0.25, 0.3) is 0 Å². The molecule has 98 valence electrons. The molecule has 0 bridgehead atoms. The summed E-state index contributed by atoms with van der Waals surface area (Å²) in [7, 11) is 0. The van der Waals surface area contributed by atoms with Gasteiger partial charge in [0.05, 0.1) is 6.54 Å². The zero-order chi connectivity index (χ0) is 13.2. The summed E-state index contributed by atoms with van der Waals surface area (Å²) in [4.78, 5) is 18.5. The molecular weight excluding hydrogens is 240 g/mol. The minimum atomic E-state index is 0.0903. The lowest BCUT2D eigenvalue weighted by Gasteiger charge is -2.28. The summed E-state index contributed by atoms with van der Waals surface area (Å²) >= 11 is 0. The van der Waals surface area contributed by atoms with E-state index in [9.17, 15) is 4.79 Å². The van der Waals surface area contributed by atoms with Gasteiger partial charge in [-0.3, -0.25) is 4.79 Å². The van der Waals surface area contributed by atoms with E-state index in [-0.39, 0.29) is 5.91 Å². The van der Waals surface area contributed by atoms with Crippen molar-refractivity contribution in [3.63, 3.8) is 0 Å². The molecule has 19 heavy (non-hydrogen) atoms. The van der Waals surface area contributed by atoms with Crippen LogP contribution in [0, 0.1) is 0 Å². The maximum absolute atomic E-state index is 12.4. The van der Waals surface area contributed by atoms with E-state index in [1.807, 2.05) is 40.8 Å². The number of rotatable bonds is 3. The predicted molar refractivity (Wildman–Crippen MR) is 70.6 cm³/mol. The smallest absolute Gasteiger partial charge is 0.254 e. The Labute approximate surface area is 111 Å². The van der Waals surface area contributed by atoms with Crippen molar-refractivity contribution in [3.05, 3.63) is 47.5 Å². The summed E-state index contributed by atoms with van der Waals surface area (Å²) < 4.78 is 1.83. The van der Waals surface area contributed by atoms with E-state index in [0.717, 1.165) is 36.5 Å². The van der Waals surface area contributed by atoms with Crippen molar-refractivity contribution in [2.75, 3.05) is 6.54 Å². The molecule has 0 unspecified atom stereocenters. The van der Waals surface area contributed by atoms with E-state index >= 15 is 0 Å². The van der Waals surface area contributed by atoms with Gasteiger partial charge in [-0.2, -0.15) is 5.10 Å². The Morgan fingerprint density at radius 3 is 3.00 bits per heavy atom. The first-order chi connectivity index (χ1) is 9.29. The molecule has 0 saturated carbocycles. The maximum Gasteiger partial charge on any atom is 0.254 e. The Morgan fingerprint density at radius 2 is 2.16 bits per heavy atom. The summed E-state index contributed by atoms with van der Waals surface area (Å²) in [6.45, 7) is 4.06. The van der Waals surface area contributed by atoms with Crippen molar-refractivity contribution in [1.29, 1.82) is 0 Å². The molecule has 5 heteroatoms. The van der Waals surface area contributed by atoms with Crippen LogP contribution in [0.5, 0.6) is 0 Å². The highest BCUT2D eigenvalue weighted by Crippen LogP contribution is 2.19. The van der Waals surface area contributed by atoms with Crippen LogP contribution in [0.4, 0.5) is 0 Å². The topological polar surface area (TPSA) is 51.0 Å². The van der Waals surface area contributed by atoms with Crippen LogP contribution >= 0.6 is 0 Å². The molecule has 1 amide bonds. The highest BCUT2D eigenvalue weighted by atomic mass is 16.2. The number of hydrogen-bond donors (Lipinski definition) is 0. The first-order valence-corrected chi connectivity index (χ1v) is 6.53. The van der Waals surface area contributed by atoms with Gasteiger partial charge in [-0.05, 0) is 25.0 Å². The molecule has 1 aliphatic rings. The van der Waals surface area contributed by atoms with Crippen molar-refractivity contribution < 1.29 is 4.79 Å². The van der Waals surface area contributed by atoms with E-state index in [0.29, 0.717) is 6.54 Å². The van der Waals surface area contributed by atoms with Crippen molar-refractivity contribution in [2.24, 2.45) is 0 Å². The number of carbonyl (C=O) groups is 1. The number of aromatic nitrogens is 3. The van der Waals surface area contributed by atoms with Gasteiger partial charge in [-0.25, -0.2) is 9.67 Å². The van der Waals surface area contributed by atoms with Crippen LogP contribution in [0.3, 0.4) is 0 Å². The lowest BCUT2D eigenvalue weighted by Crippen LogP contribution is -2.37. The number of hydrogen-bond acceptors (Lipinski definition) is 3. The number of nitrogens with zero attached hydrogens (tertiary/aromatic N) is 4. The third-order valence-corrected chi connectivity index (χ3v) is 3.51. The van der Waals surface area contributed by atoms with Crippen LogP contribution < -0.4 is 0 Å². The highest BCUT2D eigenvalue weighted by Gasteiger charge is 2.24. The van der Waals surface area contributed by atoms with Crippen LogP contribution in [0.1, 0.15) is 28.7 Å². The molecule has 1 aromatic heterocycles. The zero-order valence-corrected chi connectivity index (χ0v) is 10.9. The molecule has 3 rings (SSSR count). The minimum Gasteiger partial charge on any atom is -0.331 e. The second-order valence-electron chi connectivity index (χ2n) is 4.63. The van der Waals surface area contributed by atoms with Gasteiger partial charge in [0, 0.05) is 18.7 Å². The predicted octanol–water partition coefficient (Wildman–Crippen LogP) is 1.50. The second-order valence-corrected chi connectivity index (χ2v) is 4.63. The molecule has 0 radical (unpaired) electrons. The monoisotopic (exact) mass is 256 g/mol. The normalized spacial score (nSPS) is 14.6. The largest absolute Gasteiger partial charge is 0.331 e. The number of aryl methyl sites for hydroxylation is 1. The number of carbonyl (C=O) groups excluding carboxylic acids is 1. The van der Waals surface area contributed by atoms with Gasteiger partial charge in [0.15, 0.2) is 0 Å². The Bertz CT molecular complexity index is 605. The van der Waals surface area contributed by atoms with Crippen LogP contribution in [0.15, 0.2) is 30.6 Å². The first-order valence-electron chi connectivity index (χ1n) is 6.53. The van der Waals surface area contributed by atoms with E-state index in [1.165, 1.54) is 0 Å². The molecule has 0 N–H and O–H groups in total. The molecule has 0 saturated heterocycles. The maximum atomic E-state index is 12.4. The molecular formula is C14H16N4O. The summed E-state index contributed by atoms with van der Waals surface area (Å²) in [5, 5.41) is 4.14. The molecule has 5 nitrogen and oxygen atoms in total. The van der Waals surface area contributed by atoms with Gasteiger partial charge in [-0.15, -0.1) is 0 Å². The SMILES string of the molecule is CCn1ncnc1CN1CCc2ccccc2C1=O. The number of amides is 1. The molecule has 0 spiro atoms. The van der Waals surface area contributed by atoms with Gasteiger partial charge in [-0.1, -0.05) is 18.2 Å². The van der Waals surface area contributed by atoms with E-state index in [4.69, 9.17) is 0 Å². The van der Waals surface area contributed by atoms with E-state index in [2.05, 4.69) is 10.1 Å². The molecule has 2 aromatic rings. The molecule has 1 aliphatic heterocycles. The Morgan fingerprint density at radius 1 is 1.32 bits per heavy atom. The Balaban J connectivity index is 1.83. The van der Waals surface area contributed by atoms with E-state index < -0.39 is 0 Å². The Hall–Kier alpha value is -2.17. The fraction of sp³-hybridized carbons (Fsp3) is 0.357. The molecule has 0 atom stereocenters. The average Bonchev–Trinajstić information content (AvgIpc) is 2.89. The van der Waals surface area contributed by atoms with Crippen LogP contribution in [-0.2, 0) is 19.5 Å². The molecule has 2 heterocycles. The van der Waals surface area contributed by atoms with Crippen molar-refractivity contribution >= 4 is 5.91 Å². The van der Waals surface area contributed by atoms with Gasteiger partial charge in [0.1, 0.15) is 12.2 Å². The third kappa shape index (κ3) is 2.12. The number of benzene rings is 1. The summed E-state index contributed by atoms with van der Waals surface area (Å²) in [6.07, 6.45) is 2.45. The summed E-state index contributed by atoms with van der Waals surface area (Å²) in [6, 6.07) is 7.82. The molecule has 1 aromatic carbocycles. The standard InChI is InChI=1S/C14H16N4O/c1-2-18-13(15-10-16-18)9-17-8-7-11-5-3-4-6-12(11)14(17)19/h3-6,10H,2,7-9H2,1H3. The average molecular weight is 256 g/mol. The fourth-order valence-electron chi connectivity index (χ4n) is 2.47. The lowest BCUT2D eigenvalue weighted by atomic mass is 9.99. The lowest BCUT2D eigenvalue weighted by molar-refractivity contribution is 0.0720. The van der Waals surface area contributed by atoms with Crippen LogP contribution in [0.2, 0.25) is 0 Å². The summed E-state index contributed by atoms with van der Waals surface area (Å²) in [5.74, 6) is 0.933. The van der Waals surface area contributed by atoms with Gasteiger partial charge >= 0.3 is 0 Å². The van der Waals surface area contributed by atoms with E-state index in [1.54, 1.807) is 6.33 Å². The first kappa shape index (κ1) is 11.9. The van der Waals surface area contributed by atoms with Gasteiger partial charge in [0.25, 0.3) is 5.91 Å². The highest BCUT2D eigenvalue weighted by molar-refractivity contribution is 5.96.